The molecule has 0 saturated carbocycles. The van der Waals surface area contributed by atoms with Crippen LogP contribution < -0.4 is 0 Å². The van der Waals surface area contributed by atoms with Crippen LogP contribution in [0.3, 0.4) is 0 Å². The number of pyridine rings is 1. The highest BCUT2D eigenvalue weighted by molar-refractivity contribution is 5.96. The maximum atomic E-state index is 5.02. The molecule has 28 heavy (non-hydrogen) atoms. The third-order valence-corrected chi connectivity index (χ3v) is 5.13. The molecule has 3 aromatic carbocycles. The molecule has 0 aliphatic rings. The lowest BCUT2D eigenvalue weighted by atomic mass is 10.2. The van der Waals surface area contributed by atoms with Crippen molar-refractivity contribution in [1.29, 1.82) is 0 Å². The van der Waals surface area contributed by atoms with Gasteiger partial charge >= 0.3 is 0 Å². The van der Waals surface area contributed by atoms with E-state index in [-0.39, 0.29) is 0 Å². The number of benzene rings is 3. The number of nitrogens with zero attached hydrogens (tertiary/aromatic N) is 4. The Bertz CT molecular complexity index is 1440. The van der Waals surface area contributed by atoms with E-state index in [9.17, 15) is 0 Å². The van der Waals surface area contributed by atoms with E-state index in [1.807, 2.05) is 48.7 Å². The number of para-hydroxylation sites is 1. The molecule has 3 heterocycles. The molecule has 0 unspecified atom stereocenters. The maximum absolute atomic E-state index is 5.02. The van der Waals surface area contributed by atoms with E-state index < -0.39 is 0 Å². The van der Waals surface area contributed by atoms with Crippen molar-refractivity contribution in [3.8, 4) is 17.1 Å². The fraction of sp³-hybridized carbons (Fsp3) is 0. The lowest BCUT2D eigenvalue weighted by Crippen LogP contribution is -1.97. The average molecular weight is 360 g/mol. The maximum Gasteiger partial charge on any atom is 0.145 e. The molecule has 6 rings (SSSR count). The molecule has 4 nitrogen and oxygen atoms in total. The van der Waals surface area contributed by atoms with Gasteiger partial charge < -0.3 is 0 Å². The smallest absolute Gasteiger partial charge is 0.145 e. The normalized spacial score (nSPS) is 11.6. The highest BCUT2D eigenvalue weighted by Gasteiger charge is 2.16. The van der Waals surface area contributed by atoms with Gasteiger partial charge in [-0.15, -0.1) is 0 Å². The summed E-state index contributed by atoms with van der Waals surface area (Å²) in [4.78, 5) is 9.82. The van der Waals surface area contributed by atoms with Gasteiger partial charge in [0.1, 0.15) is 11.5 Å². The SMILES string of the molecule is c1ccc(-c2nc3cc4c(cc3n2-c2ccccc2)nc2ccccn24)cc1. The van der Waals surface area contributed by atoms with Crippen molar-refractivity contribution < 1.29 is 0 Å². The molecular formula is C24H16N4. The van der Waals surface area contributed by atoms with Gasteiger partial charge in [0.2, 0.25) is 0 Å². The lowest BCUT2D eigenvalue weighted by molar-refractivity contribution is 1.10. The van der Waals surface area contributed by atoms with E-state index in [2.05, 4.69) is 57.5 Å². The molecule has 0 aliphatic heterocycles. The Labute approximate surface area is 161 Å². The second-order valence-corrected chi connectivity index (χ2v) is 6.84. The summed E-state index contributed by atoms with van der Waals surface area (Å²) in [6.45, 7) is 0. The number of fused-ring (bicyclic) bond motifs is 4. The molecule has 0 bridgehead atoms. The summed E-state index contributed by atoms with van der Waals surface area (Å²) in [6, 6.07) is 31.0. The van der Waals surface area contributed by atoms with E-state index >= 15 is 0 Å². The zero-order chi connectivity index (χ0) is 18.5. The minimum Gasteiger partial charge on any atom is -0.300 e. The molecule has 0 radical (unpaired) electrons. The van der Waals surface area contributed by atoms with Crippen LogP contribution in [-0.2, 0) is 0 Å². The Kier molecular flexibility index (Phi) is 3.14. The first-order valence-electron chi connectivity index (χ1n) is 9.29. The minimum absolute atomic E-state index is 0.934. The van der Waals surface area contributed by atoms with Crippen LogP contribution in [0.5, 0.6) is 0 Å². The summed E-state index contributed by atoms with van der Waals surface area (Å²) in [6.07, 6.45) is 2.04. The van der Waals surface area contributed by atoms with Crippen LogP contribution in [0.25, 0.3) is 44.8 Å². The predicted octanol–water partition coefficient (Wildman–Crippen LogP) is 5.49. The molecule has 0 fully saturated rings. The van der Waals surface area contributed by atoms with E-state index in [1.165, 1.54) is 0 Å². The summed E-state index contributed by atoms with van der Waals surface area (Å²) in [7, 11) is 0. The van der Waals surface area contributed by atoms with Crippen molar-refractivity contribution in [2.75, 3.05) is 0 Å². The van der Waals surface area contributed by atoms with Crippen molar-refractivity contribution in [3.63, 3.8) is 0 Å². The Balaban J connectivity index is 1.74. The number of hydrogen-bond donors (Lipinski definition) is 0. The van der Waals surface area contributed by atoms with Gasteiger partial charge in [-0.05, 0) is 36.4 Å². The van der Waals surface area contributed by atoms with Gasteiger partial charge in [-0.1, -0.05) is 54.6 Å². The summed E-state index contributed by atoms with van der Waals surface area (Å²) in [5.41, 5.74) is 7.18. The van der Waals surface area contributed by atoms with Gasteiger partial charge in [-0.3, -0.25) is 8.97 Å². The van der Waals surface area contributed by atoms with Gasteiger partial charge in [-0.2, -0.15) is 0 Å². The van der Waals surface area contributed by atoms with Crippen LogP contribution in [0.15, 0.2) is 97.2 Å². The van der Waals surface area contributed by atoms with Crippen molar-refractivity contribution in [1.82, 2.24) is 18.9 Å². The summed E-state index contributed by atoms with van der Waals surface area (Å²) >= 11 is 0. The monoisotopic (exact) mass is 360 g/mol. The summed E-state index contributed by atoms with van der Waals surface area (Å²) in [5.74, 6) is 0.934. The van der Waals surface area contributed by atoms with Crippen molar-refractivity contribution in [2.45, 2.75) is 0 Å². The molecule has 0 N–H and O–H groups in total. The first-order valence-corrected chi connectivity index (χ1v) is 9.29. The highest BCUT2D eigenvalue weighted by Crippen LogP contribution is 2.31. The summed E-state index contributed by atoms with van der Waals surface area (Å²) in [5, 5.41) is 0. The first kappa shape index (κ1) is 15.2. The molecule has 0 amide bonds. The van der Waals surface area contributed by atoms with E-state index in [1.54, 1.807) is 0 Å². The Morgan fingerprint density at radius 3 is 2.11 bits per heavy atom. The van der Waals surface area contributed by atoms with E-state index in [0.717, 1.165) is 44.8 Å². The average Bonchev–Trinajstić information content (AvgIpc) is 3.31. The zero-order valence-electron chi connectivity index (χ0n) is 15.0. The zero-order valence-corrected chi connectivity index (χ0v) is 15.0. The van der Waals surface area contributed by atoms with Gasteiger partial charge in [0.15, 0.2) is 0 Å². The number of rotatable bonds is 2. The molecular weight excluding hydrogens is 344 g/mol. The van der Waals surface area contributed by atoms with E-state index in [0.29, 0.717) is 0 Å². The van der Waals surface area contributed by atoms with Gasteiger partial charge in [-0.25, -0.2) is 9.97 Å². The third-order valence-electron chi connectivity index (χ3n) is 5.13. The Morgan fingerprint density at radius 1 is 0.607 bits per heavy atom. The van der Waals surface area contributed by atoms with Crippen LogP contribution in [0.2, 0.25) is 0 Å². The summed E-state index contributed by atoms with van der Waals surface area (Å²) < 4.78 is 4.33. The standard InChI is InChI=1S/C24H16N4/c1-3-9-17(10-4-1)24-26-20-15-21-19(25-23-13-7-8-14-27(21)23)16-22(20)28(24)18-11-5-2-6-12-18/h1-16H. The van der Waals surface area contributed by atoms with Crippen molar-refractivity contribution in [2.24, 2.45) is 0 Å². The van der Waals surface area contributed by atoms with Crippen LogP contribution in [0, 0.1) is 0 Å². The minimum atomic E-state index is 0.934. The van der Waals surface area contributed by atoms with Gasteiger partial charge in [0.05, 0.1) is 22.1 Å². The fourth-order valence-electron chi connectivity index (χ4n) is 3.86. The molecule has 3 aromatic heterocycles. The molecule has 0 atom stereocenters. The molecule has 0 aliphatic carbocycles. The van der Waals surface area contributed by atoms with Crippen LogP contribution in [-0.4, -0.2) is 18.9 Å². The quantitative estimate of drug-likeness (QED) is 0.409. The molecule has 0 saturated heterocycles. The molecule has 4 heteroatoms. The second-order valence-electron chi connectivity index (χ2n) is 6.84. The molecule has 0 spiro atoms. The van der Waals surface area contributed by atoms with Gasteiger partial charge in [0.25, 0.3) is 0 Å². The number of aromatic nitrogens is 4. The molecule has 132 valence electrons. The molecule has 6 aromatic rings. The van der Waals surface area contributed by atoms with Crippen LogP contribution in [0.1, 0.15) is 0 Å². The lowest BCUT2D eigenvalue weighted by Gasteiger charge is -2.09. The topological polar surface area (TPSA) is 35.1 Å². The van der Waals surface area contributed by atoms with Gasteiger partial charge in [0, 0.05) is 17.4 Å². The first-order chi connectivity index (χ1) is 13.9. The number of imidazole rings is 2. The number of hydrogen-bond acceptors (Lipinski definition) is 2. The van der Waals surface area contributed by atoms with Crippen LogP contribution in [0.4, 0.5) is 0 Å². The van der Waals surface area contributed by atoms with E-state index in [4.69, 9.17) is 9.97 Å². The highest BCUT2D eigenvalue weighted by atomic mass is 15.1. The van der Waals surface area contributed by atoms with Crippen LogP contribution >= 0.6 is 0 Å². The second kappa shape index (κ2) is 5.79. The largest absolute Gasteiger partial charge is 0.300 e. The Hall–Kier alpha value is -3.92. The fourth-order valence-corrected chi connectivity index (χ4v) is 3.86. The van der Waals surface area contributed by atoms with Crippen molar-refractivity contribution >= 4 is 27.7 Å². The third kappa shape index (κ3) is 2.18. The predicted molar refractivity (Wildman–Crippen MR) is 113 cm³/mol. The Morgan fingerprint density at radius 2 is 1.29 bits per heavy atom. The van der Waals surface area contributed by atoms with Crippen molar-refractivity contribution in [3.05, 3.63) is 97.2 Å².